The summed E-state index contributed by atoms with van der Waals surface area (Å²) in [5.41, 5.74) is -1.45. The summed E-state index contributed by atoms with van der Waals surface area (Å²) in [5.74, 6) is -4.48. The van der Waals surface area contributed by atoms with Crippen LogP contribution in [0.2, 0.25) is 0 Å². The molecule has 14 heteroatoms. The third-order valence-corrected chi connectivity index (χ3v) is 11.3. The summed E-state index contributed by atoms with van der Waals surface area (Å²) in [7, 11) is -4.48. The molecule has 2 heterocycles. The summed E-state index contributed by atoms with van der Waals surface area (Å²) in [4.78, 5) is 21.1. The molecule has 3 fully saturated rings. The van der Waals surface area contributed by atoms with E-state index >= 15 is 4.39 Å². The van der Waals surface area contributed by atoms with Crippen LogP contribution in [0.4, 0.5) is 27.8 Å². The smallest absolute Gasteiger partial charge is 0.417 e. The van der Waals surface area contributed by atoms with Gasteiger partial charge < -0.3 is 10.4 Å². The van der Waals surface area contributed by atoms with Gasteiger partial charge in [0.25, 0.3) is 10.0 Å². The van der Waals surface area contributed by atoms with Gasteiger partial charge in [-0.05, 0) is 68.7 Å². The minimum absolute atomic E-state index is 0.0139. The molecule has 2 bridgehead atoms. The van der Waals surface area contributed by atoms with Gasteiger partial charge in [-0.3, -0.25) is 4.79 Å². The molecule has 0 spiro atoms. The van der Waals surface area contributed by atoms with Gasteiger partial charge in [0.05, 0.1) is 22.1 Å². The number of nitrogens with one attached hydrogen (secondary N) is 1. The van der Waals surface area contributed by atoms with E-state index in [0.29, 0.717) is 10.0 Å². The maximum absolute atomic E-state index is 15.5. The maximum atomic E-state index is 15.5. The first-order valence-corrected chi connectivity index (χ1v) is 17.0. The summed E-state index contributed by atoms with van der Waals surface area (Å²) in [6.07, 6.45) is -0.760. The molecule has 2 unspecified atom stereocenters. The van der Waals surface area contributed by atoms with Gasteiger partial charge in [0, 0.05) is 40.9 Å². The third-order valence-electron chi connectivity index (χ3n) is 9.66. The average Bonchev–Trinajstić information content (AvgIpc) is 3.45. The van der Waals surface area contributed by atoms with Crippen LogP contribution in [0.5, 0.6) is 0 Å². The molecule has 254 valence electrons. The highest BCUT2D eigenvalue weighted by Crippen LogP contribution is 2.47. The fourth-order valence-corrected chi connectivity index (χ4v) is 8.73. The quantitative estimate of drug-likeness (QED) is 0.166. The Morgan fingerprint density at radius 2 is 1.59 bits per heavy atom. The molecule has 8 rings (SSSR count). The Kier molecular flexibility index (Phi) is 7.96. The molecule has 0 aliphatic heterocycles. The molecule has 2 aromatic heterocycles. The highest BCUT2D eigenvalue weighted by Gasteiger charge is 2.47. The molecule has 0 amide bonds. The molecular weight excluding hydrogens is 667 g/mol. The number of carboxylic acids is 1. The number of hydrogen-bond acceptors (Lipinski definition) is 6. The summed E-state index contributed by atoms with van der Waals surface area (Å²) in [6, 6.07) is 12.6. The Morgan fingerprint density at radius 1 is 0.918 bits per heavy atom. The first kappa shape index (κ1) is 32.7. The SMILES string of the molecule is Cc1ccc(S(=O)(=O)n2cc(-c3nc(NC4C5CCC(CC5)C4C(=O)O)cc(-c4ccccc4C(F)(F)F)n3)c3cc(F)cc(F)c32)cc1. The molecule has 3 aliphatic carbocycles. The van der Waals surface area contributed by atoms with Crippen LogP contribution in [-0.2, 0) is 21.0 Å². The summed E-state index contributed by atoms with van der Waals surface area (Å²) >= 11 is 0. The van der Waals surface area contributed by atoms with Crippen LogP contribution in [0, 0.1) is 36.3 Å². The van der Waals surface area contributed by atoms with Crippen molar-refractivity contribution in [3.63, 3.8) is 0 Å². The van der Waals surface area contributed by atoms with E-state index in [1.165, 1.54) is 36.4 Å². The van der Waals surface area contributed by atoms with Crippen LogP contribution in [0.3, 0.4) is 0 Å². The molecule has 49 heavy (non-hydrogen) atoms. The molecule has 5 aromatic rings. The lowest BCUT2D eigenvalue weighted by Gasteiger charge is -2.47. The Labute approximate surface area is 277 Å². The Balaban J connectivity index is 1.46. The lowest BCUT2D eigenvalue weighted by molar-refractivity contribution is -0.148. The topological polar surface area (TPSA) is 114 Å². The minimum Gasteiger partial charge on any atom is -0.481 e. The number of rotatable bonds is 7. The number of aromatic nitrogens is 3. The second kappa shape index (κ2) is 11.9. The van der Waals surface area contributed by atoms with E-state index in [4.69, 9.17) is 0 Å². The van der Waals surface area contributed by atoms with Crippen LogP contribution < -0.4 is 5.32 Å². The number of carbonyl (C=O) groups is 1. The van der Waals surface area contributed by atoms with E-state index in [2.05, 4.69) is 15.3 Å². The van der Waals surface area contributed by atoms with Crippen molar-refractivity contribution in [2.24, 2.45) is 17.8 Å². The fraction of sp³-hybridized carbons (Fsp3) is 0.286. The minimum atomic E-state index is -4.78. The molecule has 0 saturated heterocycles. The van der Waals surface area contributed by atoms with Gasteiger partial charge in [-0.25, -0.2) is 31.1 Å². The number of halogens is 5. The van der Waals surface area contributed by atoms with Gasteiger partial charge in [0.2, 0.25) is 0 Å². The lowest BCUT2D eigenvalue weighted by Crippen LogP contribution is -2.51. The zero-order valence-corrected chi connectivity index (χ0v) is 26.7. The first-order chi connectivity index (χ1) is 23.2. The van der Waals surface area contributed by atoms with E-state index < -0.39 is 56.8 Å². The fourth-order valence-electron chi connectivity index (χ4n) is 7.35. The van der Waals surface area contributed by atoms with Crippen LogP contribution >= 0.6 is 0 Å². The number of nitrogens with zero attached hydrogens (tertiary/aromatic N) is 3. The molecule has 8 nitrogen and oxygen atoms in total. The number of alkyl halides is 3. The third kappa shape index (κ3) is 5.81. The molecule has 3 aliphatic rings. The van der Waals surface area contributed by atoms with Crippen molar-refractivity contribution in [1.29, 1.82) is 0 Å². The Morgan fingerprint density at radius 3 is 2.27 bits per heavy atom. The first-order valence-electron chi connectivity index (χ1n) is 15.6. The van der Waals surface area contributed by atoms with Gasteiger partial charge in [-0.2, -0.15) is 13.2 Å². The van der Waals surface area contributed by atoms with E-state index in [1.54, 1.807) is 19.1 Å². The predicted molar refractivity (Wildman–Crippen MR) is 171 cm³/mol. The van der Waals surface area contributed by atoms with Gasteiger partial charge in [-0.15, -0.1) is 0 Å². The number of aryl methyl sites for hydroxylation is 1. The van der Waals surface area contributed by atoms with Gasteiger partial charge >= 0.3 is 12.1 Å². The summed E-state index contributed by atoms with van der Waals surface area (Å²) in [5, 5.41) is 13.1. The number of hydrogen-bond donors (Lipinski definition) is 2. The zero-order chi connectivity index (χ0) is 34.8. The molecule has 2 N–H and O–H groups in total. The van der Waals surface area contributed by atoms with Gasteiger partial charge in [0.1, 0.15) is 17.2 Å². The van der Waals surface area contributed by atoms with E-state index in [1.807, 2.05) is 0 Å². The molecule has 0 radical (unpaired) electrons. The highest BCUT2D eigenvalue weighted by atomic mass is 32.2. The van der Waals surface area contributed by atoms with Crippen LogP contribution in [0.1, 0.15) is 36.8 Å². The standard InChI is InChI=1S/C35H29F5N4O4S/c1-18-6-12-22(13-7-18)49(47,48)44-17-25(24-14-21(36)15-27(37)32(24)44)33-41-28(23-4-2-3-5-26(23)35(38,39)40)16-29(43-33)42-31-20-10-8-19(9-11-20)30(31)34(45)46/h2-7,12-17,19-20,30-31H,8-11H2,1H3,(H,45,46)(H,41,42,43). The number of anilines is 1. The Hall–Kier alpha value is -4.85. The highest BCUT2D eigenvalue weighted by molar-refractivity contribution is 7.90. The number of carboxylic acid groups (broad SMARTS) is 1. The second-order valence-corrected chi connectivity index (χ2v) is 14.5. The summed E-state index contributed by atoms with van der Waals surface area (Å²) in [6.45, 7) is 1.76. The van der Waals surface area contributed by atoms with Crippen molar-refractivity contribution in [3.8, 4) is 22.6 Å². The van der Waals surface area contributed by atoms with E-state index in [-0.39, 0.29) is 50.6 Å². The van der Waals surface area contributed by atoms with Gasteiger partial charge in [-0.1, -0.05) is 35.9 Å². The zero-order valence-electron chi connectivity index (χ0n) is 25.9. The normalized spacial score (nSPS) is 20.9. The van der Waals surface area contributed by atoms with E-state index in [9.17, 15) is 35.9 Å². The number of benzene rings is 3. The monoisotopic (exact) mass is 696 g/mol. The van der Waals surface area contributed by atoms with Crippen molar-refractivity contribution in [2.75, 3.05) is 5.32 Å². The van der Waals surface area contributed by atoms with Crippen molar-refractivity contribution in [1.82, 2.24) is 13.9 Å². The maximum Gasteiger partial charge on any atom is 0.417 e. The number of fused-ring (bicyclic) bond motifs is 4. The second-order valence-electron chi connectivity index (χ2n) is 12.7. The summed E-state index contributed by atoms with van der Waals surface area (Å²) < 4.78 is 101. The van der Waals surface area contributed by atoms with Crippen LogP contribution in [0.15, 0.2) is 77.8 Å². The average molecular weight is 697 g/mol. The molecule has 3 saturated carbocycles. The lowest BCUT2D eigenvalue weighted by atomic mass is 9.61. The van der Waals surface area contributed by atoms with Crippen LogP contribution in [0.25, 0.3) is 33.5 Å². The number of aliphatic carboxylic acids is 1. The largest absolute Gasteiger partial charge is 0.481 e. The molecule has 2 atom stereocenters. The molecular formula is C35H29F5N4O4S. The van der Waals surface area contributed by atoms with Crippen LogP contribution in [-0.4, -0.2) is 39.5 Å². The van der Waals surface area contributed by atoms with Crippen molar-refractivity contribution < 1.29 is 40.3 Å². The molecule has 3 aromatic carbocycles. The van der Waals surface area contributed by atoms with Crippen molar-refractivity contribution in [3.05, 3.63) is 95.7 Å². The van der Waals surface area contributed by atoms with Crippen molar-refractivity contribution >= 4 is 32.7 Å². The van der Waals surface area contributed by atoms with Crippen molar-refractivity contribution in [2.45, 2.75) is 49.7 Å². The Bertz CT molecular complexity index is 2210. The van der Waals surface area contributed by atoms with Gasteiger partial charge in [0.15, 0.2) is 11.6 Å². The predicted octanol–water partition coefficient (Wildman–Crippen LogP) is 7.91. The van der Waals surface area contributed by atoms with E-state index in [0.717, 1.165) is 49.6 Å².